The molecule has 0 aliphatic carbocycles. The maximum absolute atomic E-state index is 9.10. The summed E-state index contributed by atoms with van der Waals surface area (Å²) in [5.41, 5.74) is 3.75. The molecule has 1 fully saturated rings. The SMILES string of the molecule is OCc1ccc(CN2CCN(CCc3ccccc3)CC2)cc1. The van der Waals surface area contributed by atoms with E-state index in [1.54, 1.807) is 0 Å². The maximum atomic E-state index is 9.10. The zero-order valence-electron chi connectivity index (χ0n) is 13.7. The van der Waals surface area contributed by atoms with Crippen LogP contribution in [0.4, 0.5) is 0 Å². The molecule has 0 aromatic heterocycles. The van der Waals surface area contributed by atoms with E-state index in [1.807, 2.05) is 12.1 Å². The van der Waals surface area contributed by atoms with Crippen LogP contribution in [0.5, 0.6) is 0 Å². The van der Waals surface area contributed by atoms with Crippen LogP contribution >= 0.6 is 0 Å². The topological polar surface area (TPSA) is 26.7 Å². The van der Waals surface area contributed by atoms with Crippen molar-refractivity contribution < 1.29 is 5.11 Å². The van der Waals surface area contributed by atoms with Crippen molar-refractivity contribution >= 4 is 0 Å². The number of hydrogen-bond donors (Lipinski definition) is 1. The van der Waals surface area contributed by atoms with Crippen molar-refractivity contribution in [2.75, 3.05) is 32.7 Å². The van der Waals surface area contributed by atoms with E-state index in [4.69, 9.17) is 5.11 Å². The molecule has 0 spiro atoms. The Balaban J connectivity index is 1.41. The minimum Gasteiger partial charge on any atom is -0.392 e. The lowest BCUT2D eigenvalue weighted by atomic mass is 10.1. The van der Waals surface area contributed by atoms with Gasteiger partial charge in [-0.1, -0.05) is 54.6 Å². The number of piperazine rings is 1. The van der Waals surface area contributed by atoms with Gasteiger partial charge in [0.05, 0.1) is 6.61 Å². The highest BCUT2D eigenvalue weighted by atomic mass is 16.3. The molecule has 0 bridgehead atoms. The van der Waals surface area contributed by atoms with Crippen molar-refractivity contribution in [3.63, 3.8) is 0 Å². The summed E-state index contributed by atoms with van der Waals surface area (Å²) in [6.07, 6.45) is 1.14. The smallest absolute Gasteiger partial charge is 0.0681 e. The fourth-order valence-electron chi connectivity index (χ4n) is 3.11. The van der Waals surface area contributed by atoms with Crippen molar-refractivity contribution in [2.24, 2.45) is 0 Å². The van der Waals surface area contributed by atoms with Gasteiger partial charge in [0.25, 0.3) is 0 Å². The number of hydrogen-bond acceptors (Lipinski definition) is 3. The van der Waals surface area contributed by atoms with Crippen LogP contribution in [-0.2, 0) is 19.6 Å². The Labute approximate surface area is 139 Å². The van der Waals surface area contributed by atoms with Crippen LogP contribution in [0, 0.1) is 0 Å². The van der Waals surface area contributed by atoms with Crippen molar-refractivity contribution in [1.82, 2.24) is 9.80 Å². The van der Waals surface area contributed by atoms with Crippen molar-refractivity contribution in [3.05, 3.63) is 71.3 Å². The number of aliphatic hydroxyl groups is 1. The van der Waals surface area contributed by atoms with E-state index in [1.165, 1.54) is 11.1 Å². The van der Waals surface area contributed by atoms with Crippen LogP contribution in [0.25, 0.3) is 0 Å². The molecule has 3 rings (SSSR count). The summed E-state index contributed by atoms with van der Waals surface area (Å²) in [7, 11) is 0. The summed E-state index contributed by atoms with van der Waals surface area (Å²) in [4.78, 5) is 5.09. The first kappa shape index (κ1) is 16.2. The standard InChI is InChI=1S/C20H26N2O/c23-17-20-8-6-19(7-9-20)16-22-14-12-21(13-15-22)11-10-18-4-2-1-3-5-18/h1-9,23H,10-17H2. The van der Waals surface area contributed by atoms with E-state index >= 15 is 0 Å². The van der Waals surface area contributed by atoms with Crippen LogP contribution in [0.3, 0.4) is 0 Å². The lowest BCUT2D eigenvalue weighted by molar-refractivity contribution is 0.128. The minimum atomic E-state index is 0.125. The summed E-state index contributed by atoms with van der Waals surface area (Å²) in [5, 5.41) is 9.10. The summed E-state index contributed by atoms with van der Waals surface area (Å²) in [5.74, 6) is 0. The average molecular weight is 310 g/mol. The molecular weight excluding hydrogens is 284 g/mol. The summed E-state index contributed by atoms with van der Waals surface area (Å²) < 4.78 is 0. The Bertz CT molecular complexity index is 574. The Morgan fingerprint density at radius 2 is 1.30 bits per heavy atom. The molecule has 1 aliphatic rings. The van der Waals surface area contributed by atoms with Gasteiger partial charge in [0, 0.05) is 39.3 Å². The van der Waals surface area contributed by atoms with Crippen LogP contribution in [0.15, 0.2) is 54.6 Å². The van der Waals surface area contributed by atoms with Crippen LogP contribution in [0.2, 0.25) is 0 Å². The molecule has 0 radical (unpaired) electrons. The Kier molecular flexibility index (Phi) is 5.81. The highest BCUT2D eigenvalue weighted by Crippen LogP contribution is 2.11. The molecule has 1 N–H and O–H groups in total. The summed E-state index contributed by atoms with van der Waals surface area (Å²) in [6.45, 7) is 6.87. The van der Waals surface area contributed by atoms with E-state index in [0.717, 1.165) is 51.3 Å². The molecule has 0 atom stereocenters. The van der Waals surface area contributed by atoms with Crippen LogP contribution in [0.1, 0.15) is 16.7 Å². The Morgan fingerprint density at radius 3 is 1.96 bits per heavy atom. The third kappa shape index (κ3) is 4.90. The number of rotatable bonds is 6. The third-order valence-electron chi connectivity index (χ3n) is 4.64. The largest absolute Gasteiger partial charge is 0.392 e. The van der Waals surface area contributed by atoms with Gasteiger partial charge in [-0.15, -0.1) is 0 Å². The molecule has 3 nitrogen and oxygen atoms in total. The predicted octanol–water partition coefficient (Wildman–Crippen LogP) is 2.54. The molecule has 0 unspecified atom stereocenters. The summed E-state index contributed by atoms with van der Waals surface area (Å²) >= 11 is 0. The second-order valence-electron chi connectivity index (χ2n) is 6.33. The normalized spacial score (nSPS) is 16.6. The van der Waals surface area contributed by atoms with E-state index in [0.29, 0.717) is 0 Å². The summed E-state index contributed by atoms with van der Waals surface area (Å²) in [6, 6.07) is 19.1. The van der Waals surface area contributed by atoms with Gasteiger partial charge in [-0.05, 0) is 23.1 Å². The van der Waals surface area contributed by atoms with Crippen molar-refractivity contribution in [1.29, 1.82) is 0 Å². The first-order valence-electron chi connectivity index (χ1n) is 8.51. The van der Waals surface area contributed by atoms with E-state index in [2.05, 4.69) is 52.3 Å². The second-order valence-corrected chi connectivity index (χ2v) is 6.33. The molecule has 1 heterocycles. The molecule has 23 heavy (non-hydrogen) atoms. The number of benzene rings is 2. The van der Waals surface area contributed by atoms with Crippen LogP contribution < -0.4 is 0 Å². The van der Waals surface area contributed by atoms with Gasteiger partial charge < -0.3 is 10.0 Å². The van der Waals surface area contributed by atoms with Gasteiger partial charge in [0.15, 0.2) is 0 Å². The van der Waals surface area contributed by atoms with E-state index in [-0.39, 0.29) is 6.61 Å². The van der Waals surface area contributed by atoms with E-state index in [9.17, 15) is 0 Å². The van der Waals surface area contributed by atoms with Crippen molar-refractivity contribution in [3.8, 4) is 0 Å². The second kappa shape index (κ2) is 8.25. The molecule has 1 aliphatic heterocycles. The zero-order valence-corrected chi connectivity index (χ0v) is 13.7. The van der Waals surface area contributed by atoms with E-state index < -0.39 is 0 Å². The first-order valence-corrected chi connectivity index (χ1v) is 8.51. The lowest BCUT2D eigenvalue weighted by Crippen LogP contribution is -2.46. The first-order chi connectivity index (χ1) is 11.3. The lowest BCUT2D eigenvalue weighted by Gasteiger charge is -2.34. The van der Waals surface area contributed by atoms with Gasteiger partial charge in [-0.3, -0.25) is 4.90 Å². The molecule has 0 saturated carbocycles. The Morgan fingerprint density at radius 1 is 0.696 bits per heavy atom. The number of nitrogens with zero attached hydrogens (tertiary/aromatic N) is 2. The molecule has 0 amide bonds. The number of aliphatic hydroxyl groups excluding tert-OH is 1. The molecule has 2 aromatic rings. The molecule has 122 valence electrons. The van der Waals surface area contributed by atoms with Crippen molar-refractivity contribution in [2.45, 2.75) is 19.6 Å². The van der Waals surface area contributed by atoms with Gasteiger partial charge in [0.1, 0.15) is 0 Å². The molecular formula is C20H26N2O. The average Bonchev–Trinajstić information content (AvgIpc) is 2.63. The molecule has 1 saturated heterocycles. The fourth-order valence-corrected chi connectivity index (χ4v) is 3.11. The highest BCUT2D eigenvalue weighted by molar-refractivity contribution is 5.22. The Hall–Kier alpha value is -1.68. The van der Waals surface area contributed by atoms with Gasteiger partial charge in [-0.25, -0.2) is 0 Å². The van der Waals surface area contributed by atoms with Crippen LogP contribution in [-0.4, -0.2) is 47.6 Å². The van der Waals surface area contributed by atoms with Gasteiger partial charge in [0.2, 0.25) is 0 Å². The molecule has 3 heteroatoms. The van der Waals surface area contributed by atoms with Gasteiger partial charge in [-0.2, -0.15) is 0 Å². The fraction of sp³-hybridized carbons (Fsp3) is 0.400. The monoisotopic (exact) mass is 310 g/mol. The third-order valence-corrected chi connectivity index (χ3v) is 4.64. The molecule has 2 aromatic carbocycles. The maximum Gasteiger partial charge on any atom is 0.0681 e. The predicted molar refractivity (Wildman–Crippen MR) is 94.2 cm³/mol. The quantitative estimate of drug-likeness (QED) is 0.888. The highest BCUT2D eigenvalue weighted by Gasteiger charge is 2.16. The van der Waals surface area contributed by atoms with Gasteiger partial charge >= 0.3 is 0 Å². The zero-order chi connectivity index (χ0) is 15.9. The minimum absolute atomic E-state index is 0.125.